The van der Waals surface area contributed by atoms with E-state index in [1.165, 1.54) is 0 Å². The van der Waals surface area contributed by atoms with Crippen molar-refractivity contribution in [2.75, 3.05) is 34.2 Å². The zero-order chi connectivity index (χ0) is 15.8. The van der Waals surface area contributed by atoms with Gasteiger partial charge >= 0.3 is 0 Å². The molecule has 0 aliphatic heterocycles. The summed E-state index contributed by atoms with van der Waals surface area (Å²) in [5.41, 5.74) is 1.72. The van der Waals surface area contributed by atoms with Crippen LogP contribution in [0.25, 0.3) is 0 Å². The lowest BCUT2D eigenvalue weighted by Gasteiger charge is -2.13. The molecule has 1 atom stereocenters. The Morgan fingerprint density at radius 1 is 1.27 bits per heavy atom. The molecule has 0 saturated carbocycles. The molecule has 1 aromatic rings. The lowest BCUT2D eigenvalue weighted by Crippen LogP contribution is -2.35. The van der Waals surface area contributed by atoms with Crippen LogP contribution in [0.3, 0.4) is 0 Å². The van der Waals surface area contributed by atoms with Crippen molar-refractivity contribution in [3.05, 3.63) is 35.4 Å². The molecule has 1 unspecified atom stereocenters. The second-order valence-corrected chi connectivity index (χ2v) is 5.40. The first kappa shape index (κ1) is 20.4. The Morgan fingerprint density at radius 3 is 2.55 bits per heavy atom. The molecule has 0 bridgehead atoms. The quantitative estimate of drug-likeness (QED) is 0.794. The van der Waals surface area contributed by atoms with Gasteiger partial charge in [0.1, 0.15) is 0 Å². The molecule has 2 N–H and O–H groups in total. The number of hydrogen-bond acceptors (Lipinski definition) is 3. The topological polar surface area (TPSA) is 61.4 Å². The van der Waals surface area contributed by atoms with Gasteiger partial charge < -0.3 is 15.5 Å². The van der Waals surface area contributed by atoms with Crippen LogP contribution in [0.5, 0.6) is 0 Å². The first-order valence-corrected chi connectivity index (χ1v) is 7.18. The maximum absolute atomic E-state index is 11.9. The SMILES string of the molecule is CNCC(C)C(=O)NCCc1cccc(C(=O)N(C)C)c1.Cl. The van der Waals surface area contributed by atoms with Gasteiger partial charge in [-0.2, -0.15) is 0 Å². The van der Waals surface area contributed by atoms with Crippen molar-refractivity contribution >= 4 is 24.2 Å². The first-order chi connectivity index (χ1) is 9.95. The van der Waals surface area contributed by atoms with E-state index in [1.807, 2.05) is 32.2 Å². The lowest BCUT2D eigenvalue weighted by molar-refractivity contribution is -0.124. The van der Waals surface area contributed by atoms with E-state index < -0.39 is 0 Å². The van der Waals surface area contributed by atoms with Crippen molar-refractivity contribution in [1.82, 2.24) is 15.5 Å². The fourth-order valence-electron chi connectivity index (χ4n) is 2.02. The van der Waals surface area contributed by atoms with Crippen LogP contribution < -0.4 is 10.6 Å². The monoisotopic (exact) mass is 327 g/mol. The van der Waals surface area contributed by atoms with Crippen LogP contribution >= 0.6 is 12.4 Å². The minimum atomic E-state index is -0.0448. The summed E-state index contributed by atoms with van der Waals surface area (Å²) in [4.78, 5) is 25.2. The Bertz CT molecular complexity index is 492. The van der Waals surface area contributed by atoms with Crippen molar-refractivity contribution in [2.24, 2.45) is 5.92 Å². The summed E-state index contributed by atoms with van der Waals surface area (Å²) in [5.74, 6) is -0.00921. The minimum absolute atomic E-state index is 0. The van der Waals surface area contributed by atoms with Crippen LogP contribution in [-0.4, -0.2) is 50.9 Å². The summed E-state index contributed by atoms with van der Waals surface area (Å²) in [6.07, 6.45) is 0.715. The van der Waals surface area contributed by atoms with Crippen molar-refractivity contribution < 1.29 is 9.59 Å². The first-order valence-electron chi connectivity index (χ1n) is 7.18. The second kappa shape index (κ2) is 10.2. The smallest absolute Gasteiger partial charge is 0.253 e. The molecule has 0 saturated heterocycles. The number of hydrogen-bond donors (Lipinski definition) is 2. The van der Waals surface area contributed by atoms with Crippen LogP contribution in [0.4, 0.5) is 0 Å². The van der Waals surface area contributed by atoms with Gasteiger partial charge in [0.25, 0.3) is 5.91 Å². The number of amides is 2. The summed E-state index contributed by atoms with van der Waals surface area (Å²) in [7, 11) is 5.30. The van der Waals surface area contributed by atoms with Crippen LogP contribution in [0.2, 0.25) is 0 Å². The Labute approximate surface area is 138 Å². The highest BCUT2D eigenvalue weighted by Gasteiger charge is 2.11. The predicted molar refractivity (Wildman–Crippen MR) is 91.5 cm³/mol. The number of benzene rings is 1. The number of nitrogens with one attached hydrogen (secondary N) is 2. The van der Waals surface area contributed by atoms with Gasteiger partial charge in [-0.25, -0.2) is 0 Å². The van der Waals surface area contributed by atoms with Crippen molar-refractivity contribution in [3.63, 3.8) is 0 Å². The predicted octanol–water partition coefficient (Wildman–Crippen LogP) is 1.32. The zero-order valence-electron chi connectivity index (χ0n) is 13.7. The maximum atomic E-state index is 11.9. The minimum Gasteiger partial charge on any atom is -0.355 e. The van der Waals surface area contributed by atoms with Gasteiger partial charge in [0.05, 0.1) is 0 Å². The summed E-state index contributed by atoms with van der Waals surface area (Å²) in [6, 6.07) is 7.53. The number of carbonyl (C=O) groups excluding carboxylic acids is 2. The maximum Gasteiger partial charge on any atom is 0.253 e. The van der Waals surface area contributed by atoms with Gasteiger partial charge in [-0.1, -0.05) is 19.1 Å². The van der Waals surface area contributed by atoms with Gasteiger partial charge in [0, 0.05) is 38.7 Å². The molecule has 2 amide bonds. The van der Waals surface area contributed by atoms with Gasteiger partial charge in [0.15, 0.2) is 0 Å². The molecule has 0 heterocycles. The Hall–Kier alpha value is -1.59. The Kier molecular flexibility index (Phi) is 9.45. The van der Waals surface area contributed by atoms with Crippen LogP contribution in [0.1, 0.15) is 22.8 Å². The largest absolute Gasteiger partial charge is 0.355 e. The fourth-order valence-corrected chi connectivity index (χ4v) is 2.02. The van der Waals surface area contributed by atoms with E-state index in [0.717, 1.165) is 5.56 Å². The van der Waals surface area contributed by atoms with Gasteiger partial charge in [0.2, 0.25) is 5.91 Å². The highest BCUT2D eigenvalue weighted by Crippen LogP contribution is 2.07. The van der Waals surface area contributed by atoms with E-state index in [4.69, 9.17) is 0 Å². The standard InChI is InChI=1S/C16H25N3O2.ClH/c1-12(11-17-2)15(20)18-9-8-13-6-5-7-14(10-13)16(21)19(3)4;/h5-7,10,12,17H,8-9,11H2,1-4H3,(H,18,20);1H. The molecule has 0 aliphatic carbocycles. The van der Waals surface area contributed by atoms with Crippen molar-refractivity contribution in [2.45, 2.75) is 13.3 Å². The average Bonchev–Trinajstić information content (AvgIpc) is 2.46. The van der Waals surface area contributed by atoms with E-state index in [2.05, 4.69) is 10.6 Å². The van der Waals surface area contributed by atoms with E-state index in [9.17, 15) is 9.59 Å². The highest BCUT2D eigenvalue weighted by molar-refractivity contribution is 5.94. The number of rotatable bonds is 7. The third-order valence-electron chi connectivity index (χ3n) is 3.25. The number of halogens is 1. The van der Waals surface area contributed by atoms with Crippen LogP contribution in [0.15, 0.2) is 24.3 Å². The molecule has 124 valence electrons. The molecule has 6 heteroatoms. The van der Waals surface area contributed by atoms with Crippen LogP contribution in [0, 0.1) is 5.92 Å². The summed E-state index contributed by atoms with van der Waals surface area (Å²) in [6.45, 7) is 3.13. The zero-order valence-corrected chi connectivity index (χ0v) is 14.5. The van der Waals surface area contributed by atoms with Gasteiger partial charge in [-0.3, -0.25) is 9.59 Å². The summed E-state index contributed by atoms with van der Waals surface area (Å²) in [5, 5.41) is 5.90. The van der Waals surface area contributed by atoms with E-state index >= 15 is 0 Å². The fraction of sp³-hybridized carbons (Fsp3) is 0.500. The van der Waals surface area contributed by atoms with E-state index in [1.54, 1.807) is 25.1 Å². The van der Waals surface area contributed by atoms with Crippen molar-refractivity contribution in [1.29, 1.82) is 0 Å². The normalized spacial score (nSPS) is 11.3. The van der Waals surface area contributed by atoms with Gasteiger partial charge in [-0.15, -0.1) is 12.4 Å². The molecule has 1 rings (SSSR count). The Morgan fingerprint density at radius 2 is 1.95 bits per heavy atom. The van der Waals surface area contributed by atoms with Gasteiger partial charge in [-0.05, 0) is 31.2 Å². The van der Waals surface area contributed by atoms with E-state index in [-0.39, 0.29) is 30.1 Å². The van der Waals surface area contributed by atoms with Crippen LogP contribution in [-0.2, 0) is 11.2 Å². The second-order valence-electron chi connectivity index (χ2n) is 5.40. The summed E-state index contributed by atoms with van der Waals surface area (Å²) < 4.78 is 0. The molecular formula is C16H26ClN3O2. The molecule has 0 aliphatic rings. The molecule has 0 radical (unpaired) electrons. The molecule has 5 nitrogen and oxygen atoms in total. The third-order valence-corrected chi connectivity index (χ3v) is 3.25. The average molecular weight is 328 g/mol. The number of nitrogens with zero attached hydrogens (tertiary/aromatic N) is 1. The third kappa shape index (κ3) is 6.45. The van der Waals surface area contributed by atoms with Crippen molar-refractivity contribution in [3.8, 4) is 0 Å². The molecule has 0 fully saturated rings. The molecule has 0 spiro atoms. The highest BCUT2D eigenvalue weighted by atomic mass is 35.5. The Balaban J connectivity index is 0.00000441. The number of carbonyl (C=O) groups is 2. The lowest BCUT2D eigenvalue weighted by atomic mass is 10.1. The molecule has 1 aromatic carbocycles. The summed E-state index contributed by atoms with van der Waals surface area (Å²) >= 11 is 0. The van der Waals surface area contributed by atoms with E-state index in [0.29, 0.717) is 25.1 Å². The molecule has 22 heavy (non-hydrogen) atoms. The molecular weight excluding hydrogens is 302 g/mol. The molecule has 0 aromatic heterocycles.